The highest BCUT2D eigenvalue weighted by Crippen LogP contribution is 2.27. The summed E-state index contributed by atoms with van der Waals surface area (Å²) in [6.45, 7) is 1.03. The Bertz CT molecular complexity index is 497. The predicted octanol–water partition coefficient (Wildman–Crippen LogP) is 5.08. The van der Waals surface area contributed by atoms with Gasteiger partial charge in [0.2, 0.25) is 0 Å². The van der Waals surface area contributed by atoms with E-state index in [1.54, 1.807) is 0 Å². The molecule has 0 radical (unpaired) electrons. The van der Waals surface area contributed by atoms with Crippen molar-refractivity contribution in [2.24, 2.45) is 0 Å². The predicted molar refractivity (Wildman–Crippen MR) is 88.1 cm³/mol. The number of nitrogens with zero attached hydrogens (tertiary/aromatic N) is 1. The van der Waals surface area contributed by atoms with Gasteiger partial charge in [-0.05, 0) is 51.5 Å². The van der Waals surface area contributed by atoms with Crippen LogP contribution in [-0.4, -0.2) is 13.6 Å². The molecule has 1 nitrogen and oxygen atoms in total. The molecule has 0 spiro atoms. The molecule has 0 aliphatic heterocycles. The van der Waals surface area contributed by atoms with Crippen LogP contribution < -0.4 is 4.90 Å². The minimum absolute atomic E-state index is 0.894. The first kappa shape index (κ1) is 14.1. The maximum atomic E-state index is 3.65. The normalized spacial score (nSPS) is 10.6. The molecule has 1 aromatic carbocycles. The van der Waals surface area contributed by atoms with E-state index in [4.69, 9.17) is 0 Å². The second-order valence-corrected chi connectivity index (χ2v) is 6.62. The SMILES string of the molecule is CN(CCc1cccs1)c1ccc(CBr)cc1Br. The molecule has 2 aromatic rings. The van der Waals surface area contributed by atoms with Crippen LogP contribution in [0.4, 0.5) is 5.69 Å². The van der Waals surface area contributed by atoms with E-state index in [-0.39, 0.29) is 0 Å². The fraction of sp³-hybridized carbons (Fsp3) is 0.286. The molecule has 0 atom stereocenters. The molecular formula is C14H15Br2NS. The summed E-state index contributed by atoms with van der Waals surface area (Å²) in [6, 6.07) is 10.8. The molecule has 0 N–H and O–H groups in total. The number of likely N-dealkylation sites (N-methyl/N-ethyl adjacent to an activating group) is 1. The molecule has 0 aliphatic rings. The summed E-state index contributed by atoms with van der Waals surface area (Å²) in [7, 11) is 2.14. The van der Waals surface area contributed by atoms with Crippen LogP contribution in [0.15, 0.2) is 40.2 Å². The summed E-state index contributed by atoms with van der Waals surface area (Å²) in [5.74, 6) is 0. The van der Waals surface area contributed by atoms with Gasteiger partial charge >= 0.3 is 0 Å². The fourth-order valence-electron chi connectivity index (χ4n) is 1.80. The van der Waals surface area contributed by atoms with Crippen molar-refractivity contribution in [3.8, 4) is 0 Å². The first-order valence-electron chi connectivity index (χ1n) is 5.78. The molecule has 96 valence electrons. The van der Waals surface area contributed by atoms with E-state index in [1.807, 2.05) is 11.3 Å². The Morgan fingerprint density at radius 3 is 2.72 bits per heavy atom. The van der Waals surface area contributed by atoms with E-state index in [9.17, 15) is 0 Å². The van der Waals surface area contributed by atoms with Crippen molar-refractivity contribution < 1.29 is 0 Å². The van der Waals surface area contributed by atoms with Gasteiger partial charge in [-0.25, -0.2) is 0 Å². The van der Waals surface area contributed by atoms with E-state index in [0.717, 1.165) is 22.8 Å². The molecule has 0 saturated heterocycles. The van der Waals surface area contributed by atoms with Gasteiger partial charge in [0.15, 0.2) is 0 Å². The summed E-state index contributed by atoms with van der Waals surface area (Å²) in [5.41, 5.74) is 2.54. The number of thiophene rings is 1. The molecule has 0 fully saturated rings. The van der Waals surface area contributed by atoms with Crippen LogP contribution in [0.2, 0.25) is 0 Å². The maximum Gasteiger partial charge on any atom is 0.0508 e. The van der Waals surface area contributed by atoms with Crippen molar-refractivity contribution in [1.29, 1.82) is 0 Å². The Labute approximate surface area is 129 Å². The first-order valence-corrected chi connectivity index (χ1v) is 8.58. The first-order chi connectivity index (χ1) is 8.70. The van der Waals surface area contributed by atoms with Crippen molar-refractivity contribution in [3.05, 3.63) is 50.6 Å². The van der Waals surface area contributed by atoms with Gasteiger partial charge in [-0.15, -0.1) is 11.3 Å². The van der Waals surface area contributed by atoms with Crippen LogP contribution in [0.5, 0.6) is 0 Å². The Morgan fingerprint density at radius 1 is 1.28 bits per heavy atom. The molecule has 0 unspecified atom stereocenters. The zero-order chi connectivity index (χ0) is 13.0. The number of anilines is 1. The highest BCUT2D eigenvalue weighted by molar-refractivity contribution is 9.10. The van der Waals surface area contributed by atoms with E-state index >= 15 is 0 Å². The summed E-state index contributed by atoms with van der Waals surface area (Å²) in [6.07, 6.45) is 1.10. The van der Waals surface area contributed by atoms with Gasteiger partial charge < -0.3 is 4.90 Å². The monoisotopic (exact) mass is 387 g/mol. The van der Waals surface area contributed by atoms with Crippen molar-refractivity contribution >= 4 is 48.9 Å². The number of alkyl halides is 1. The van der Waals surface area contributed by atoms with Crippen LogP contribution in [0.25, 0.3) is 0 Å². The average Bonchev–Trinajstić information content (AvgIpc) is 2.88. The van der Waals surface area contributed by atoms with Gasteiger partial charge in [0, 0.05) is 28.3 Å². The van der Waals surface area contributed by atoms with Crippen LogP contribution in [0, 0.1) is 0 Å². The second-order valence-electron chi connectivity index (χ2n) is 4.17. The van der Waals surface area contributed by atoms with E-state index in [2.05, 4.69) is 79.5 Å². The minimum Gasteiger partial charge on any atom is -0.373 e. The lowest BCUT2D eigenvalue weighted by Crippen LogP contribution is -2.20. The molecule has 0 bridgehead atoms. The smallest absolute Gasteiger partial charge is 0.0508 e. The third-order valence-electron chi connectivity index (χ3n) is 2.85. The van der Waals surface area contributed by atoms with E-state index in [0.29, 0.717) is 0 Å². The zero-order valence-electron chi connectivity index (χ0n) is 10.2. The summed E-state index contributed by atoms with van der Waals surface area (Å²) in [4.78, 5) is 3.73. The number of hydrogen-bond donors (Lipinski definition) is 0. The Morgan fingerprint density at radius 2 is 2.11 bits per heavy atom. The molecule has 1 heterocycles. The van der Waals surface area contributed by atoms with Crippen LogP contribution >= 0.6 is 43.2 Å². The van der Waals surface area contributed by atoms with Crippen molar-refractivity contribution in [3.63, 3.8) is 0 Å². The van der Waals surface area contributed by atoms with E-state index < -0.39 is 0 Å². The molecule has 18 heavy (non-hydrogen) atoms. The standard InChI is InChI=1S/C14H15Br2NS/c1-17(7-6-12-3-2-8-18-12)14-5-4-11(10-15)9-13(14)16/h2-5,8-9H,6-7,10H2,1H3. The zero-order valence-corrected chi connectivity index (χ0v) is 14.2. The third kappa shape index (κ3) is 3.59. The summed E-state index contributed by atoms with van der Waals surface area (Å²) < 4.78 is 1.16. The lowest BCUT2D eigenvalue weighted by molar-refractivity contribution is 0.885. The van der Waals surface area contributed by atoms with Crippen molar-refractivity contribution in [1.82, 2.24) is 0 Å². The molecule has 4 heteroatoms. The molecule has 1 aromatic heterocycles. The largest absolute Gasteiger partial charge is 0.373 e. The lowest BCUT2D eigenvalue weighted by atomic mass is 10.2. The number of halogens is 2. The topological polar surface area (TPSA) is 3.24 Å². The van der Waals surface area contributed by atoms with Gasteiger partial charge in [-0.1, -0.05) is 28.1 Å². The van der Waals surface area contributed by atoms with Gasteiger partial charge in [0.1, 0.15) is 0 Å². The Kier molecular flexibility index (Phi) is 5.27. The van der Waals surface area contributed by atoms with Crippen molar-refractivity contribution in [2.45, 2.75) is 11.8 Å². The van der Waals surface area contributed by atoms with Crippen molar-refractivity contribution in [2.75, 3.05) is 18.5 Å². The Hall–Kier alpha value is -0.320. The van der Waals surface area contributed by atoms with Crippen LogP contribution in [0.1, 0.15) is 10.4 Å². The van der Waals surface area contributed by atoms with Gasteiger partial charge in [0.05, 0.1) is 5.69 Å². The summed E-state index contributed by atoms with van der Waals surface area (Å²) in [5, 5.41) is 3.03. The summed E-state index contributed by atoms with van der Waals surface area (Å²) >= 11 is 8.95. The highest BCUT2D eigenvalue weighted by Gasteiger charge is 2.07. The quantitative estimate of drug-likeness (QED) is 0.645. The van der Waals surface area contributed by atoms with Crippen LogP contribution in [-0.2, 0) is 11.8 Å². The Balaban J connectivity index is 2.02. The number of rotatable bonds is 5. The van der Waals surface area contributed by atoms with E-state index in [1.165, 1.54) is 16.1 Å². The molecule has 0 amide bonds. The number of benzene rings is 1. The average molecular weight is 389 g/mol. The molecule has 0 aliphatic carbocycles. The third-order valence-corrected chi connectivity index (χ3v) is 5.07. The van der Waals surface area contributed by atoms with Gasteiger partial charge in [0.25, 0.3) is 0 Å². The fourth-order valence-corrected chi connectivity index (χ4v) is 3.57. The van der Waals surface area contributed by atoms with Crippen LogP contribution in [0.3, 0.4) is 0 Å². The molecule has 0 saturated carbocycles. The van der Waals surface area contributed by atoms with Gasteiger partial charge in [-0.2, -0.15) is 0 Å². The second kappa shape index (κ2) is 6.73. The maximum absolute atomic E-state index is 3.65. The molecular weight excluding hydrogens is 374 g/mol. The van der Waals surface area contributed by atoms with Gasteiger partial charge in [-0.3, -0.25) is 0 Å². The lowest BCUT2D eigenvalue weighted by Gasteiger charge is -2.20. The molecule has 2 rings (SSSR count). The number of hydrogen-bond acceptors (Lipinski definition) is 2. The minimum atomic E-state index is 0.894. The highest BCUT2D eigenvalue weighted by atomic mass is 79.9.